The molecular formula is C10H19NO. The first-order chi connectivity index (χ1) is 5.65. The first kappa shape index (κ1) is 9.56. The zero-order valence-electron chi connectivity index (χ0n) is 8.26. The second-order valence-corrected chi connectivity index (χ2v) is 4.05. The average Bonchev–Trinajstić information content (AvgIpc) is 2.68. The van der Waals surface area contributed by atoms with Gasteiger partial charge in [-0.1, -0.05) is 27.2 Å². The average molecular weight is 169 g/mol. The summed E-state index contributed by atoms with van der Waals surface area (Å²) >= 11 is 0. The first-order valence-corrected chi connectivity index (χ1v) is 4.95. The second-order valence-electron chi connectivity index (χ2n) is 4.05. The molecule has 0 saturated heterocycles. The SMILES string of the molecule is CCCC1CC1NC(=O)C(C)C. The Morgan fingerprint density at radius 3 is 2.75 bits per heavy atom. The minimum Gasteiger partial charge on any atom is -0.353 e. The second kappa shape index (κ2) is 3.92. The Balaban J connectivity index is 2.14. The van der Waals surface area contributed by atoms with Crippen molar-refractivity contribution in [2.75, 3.05) is 0 Å². The van der Waals surface area contributed by atoms with E-state index >= 15 is 0 Å². The Hall–Kier alpha value is -0.530. The maximum absolute atomic E-state index is 11.2. The van der Waals surface area contributed by atoms with Gasteiger partial charge in [-0.05, 0) is 18.8 Å². The molecule has 2 unspecified atom stereocenters. The third kappa shape index (κ3) is 2.50. The highest BCUT2D eigenvalue weighted by molar-refractivity contribution is 5.78. The van der Waals surface area contributed by atoms with E-state index in [-0.39, 0.29) is 11.8 Å². The van der Waals surface area contributed by atoms with Gasteiger partial charge in [0, 0.05) is 12.0 Å². The van der Waals surface area contributed by atoms with Crippen LogP contribution in [-0.4, -0.2) is 11.9 Å². The molecule has 2 nitrogen and oxygen atoms in total. The van der Waals surface area contributed by atoms with Gasteiger partial charge in [-0.15, -0.1) is 0 Å². The number of amides is 1. The smallest absolute Gasteiger partial charge is 0.222 e. The first-order valence-electron chi connectivity index (χ1n) is 4.95. The predicted octanol–water partition coefficient (Wildman–Crippen LogP) is 1.95. The van der Waals surface area contributed by atoms with Gasteiger partial charge < -0.3 is 5.32 Å². The van der Waals surface area contributed by atoms with Crippen molar-refractivity contribution in [3.05, 3.63) is 0 Å². The van der Waals surface area contributed by atoms with Crippen LogP contribution >= 0.6 is 0 Å². The summed E-state index contributed by atoms with van der Waals surface area (Å²) in [4.78, 5) is 11.2. The van der Waals surface area contributed by atoms with Crippen LogP contribution in [-0.2, 0) is 4.79 Å². The molecule has 2 heteroatoms. The molecule has 1 saturated carbocycles. The number of hydrogen-bond acceptors (Lipinski definition) is 1. The van der Waals surface area contributed by atoms with Gasteiger partial charge in [-0.25, -0.2) is 0 Å². The summed E-state index contributed by atoms with van der Waals surface area (Å²) in [5.74, 6) is 1.11. The summed E-state index contributed by atoms with van der Waals surface area (Å²) in [6.45, 7) is 6.07. The molecule has 0 radical (unpaired) electrons. The zero-order chi connectivity index (χ0) is 9.14. The van der Waals surface area contributed by atoms with Crippen LogP contribution in [0.2, 0.25) is 0 Å². The van der Waals surface area contributed by atoms with Gasteiger partial charge in [0.15, 0.2) is 0 Å². The summed E-state index contributed by atoms with van der Waals surface area (Å²) in [5, 5.41) is 3.05. The van der Waals surface area contributed by atoms with E-state index in [2.05, 4.69) is 12.2 Å². The topological polar surface area (TPSA) is 29.1 Å². The molecule has 1 amide bonds. The van der Waals surface area contributed by atoms with E-state index in [4.69, 9.17) is 0 Å². The maximum atomic E-state index is 11.2. The van der Waals surface area contributed by atoms with Crippen molar-refractivity contribution < 1.29 is 4.79 Å². The lowest BCUT2D eigenvalue weighted by molar-refractivity contribution is -0.124. The highest BCUT2D eigenvalue weighted by Gasteiger charge is 2.37. The summed E-state index contributed by atoms with van der Waals surface area (Å²) in [7, 11) is 0. The molecule has 70 valence electrons. The van der Waals surface area contributed by atoms with Gasteiger partial charge in [0.25, 0.3) is 0 Å². The normalized spacial score (nSPS) is 27.3. The monoisotopic (exact) mass is 169 g/mol. The van der Waals surface area contributed by atoms with Crippen LogP contribution < -0.4 is 5.32 Å². The third-order valence-corrected chi connectivity index (χ3v) is 2.43. The molecule has 0 bridgehead atoms. The molecular weight excluding hydrogens is 150 g/mol. The minimum absolute atomic E-state index is 0.132. The van der Waals surface area contributed by atoms with Crippen molar-refractivity contribution in [3.8, 4) is 0 Å². The maximum Gasteiger partial charge on any atom is 0.222 e. The van der Waals surface area contributed by atoms with E-state index in [0.29, 0.717) is 6.04 Å². The third-order valence-electron chi connectivity index (χ3n) is 2.43. The van der Waals surface area contributed by atoms with Crippen LogP contribution in [0.1, 0.15) is 40.0 Å². The number of hydrogen-bond donors (Lipinski definition) is 1. The largest absolute Gasteiger partial charge is 0.353 e. The Kier molecular flexibility index (Phi) is 3.12. The Bertz CT molecular complexity index is 165. The molecule has 1 rings (SSSR count). The van der Waals surface area contributed by atoms with Crippen LogP contribution in [0.25, 0.3) is 0 Å². The molecule has 0 aliphatic heterocycles. The van der Waals surface area contributed by atoms with E-state index in [1.54, 1.807) is 0 Å². The van der Waals surface area contributed by atoms with Crippen molar-refractivity contribution in [2.24, 2.45) is 11.8 Å². The molecule has 1 N–H and O–H groups in total. The molecule has 1 fully saturated rings. The van der Waals surface area contributed by atoms with Gasteiger partial charge in [-0.3, -0.25) is 4.79 Å². The van der Waals surface area contributed by atoms with Crippen LogP contribution in [0.15, 0.2) is 0 Å². The van der Waals surface area contributed by atoms with Crippen LogP contribution in [0.5, 0.6) is 0 Å². The Morgan fingerprint density at radius 1 is 1.58 bits per heavy atom. The van der Waals surface area contributed by atoms with Crippen LogP contribution in [0.3, 0.4) is 0 Å². The van der Waals surface area contributed by atoms with E-state index in [9.17, 15) is 4.79 Å². The van der Waals surface area contributed by atoms with Crippen molar-refractivity contribution in [1.82, 2.24) is 5.32 Å². The Morgan fingerprint density at radius 2 is 2.25 bits per heavy atom. The lowest BCUT2D eigenvalue weighted by atomic mass is 10.2. The number of carbonyl (C=O) groups excluding carboxylic acids is 1. The lowest BCUT2D eigenvalue weighted by Crippen LogP contribution is -2.30. The lowest BCUT2D eigenvalue weighted by Gasteiger charge is -2.06. The molecule has 2 atom stereocenters. The van der Waals surface area contributed by atoms with Crippen molar-refractivity contribution in [1.29, 1.82) is 0 Å². The summed E-state index contributed by atoms with van der Waals surface area (Å²) < 4.78 is 0. The molecule has 0 aromatic heterocycles. The van der Waals surface area contributed by atoms with Gasteiger partial charge in [0.05, 0.1) is 0 Å². The van der Waals surface area contributed by atoms with Crippen molar-refractivity contribution in [3.63, 3.8) is 0 Å². The van der Waals surface area contributed by atoms with Crippen molar-refractivity contribution >= 4 is 5.91 Å². The fourth-order valence-electron chi connectivity index (χ4n) is 1.46. The van der Waals surface area contributed by atoms with Gasteiger partial charge >= 0.3 is 0 Å². The number of rotatable bonds is 4. The predicted molar refractivity (Wildman–Crippen MR) is 49.8 cm³/mol. The van der Waals surface area contributed by atoms with Crippen LogP contribution in [0.4, 0.5) is 0 Å². The summed E-state index contributed by atoms with van der Waals surface area (Å²) in [6, 6.07) is 0.500. The molecule has 0 spiro atoms. The molecule has 12 heavy (non-hydrogen) atoms. The summed E-state index contributed by atoms with van der Waals surface area (Å²) in [6.07, 6.45) is 3.70. The van der Waals surface area contributed by atoms with Crippen LogP contribution in [0, 0.1) is 11.8 Å². The molecule has 0 heterocycles. The minimum atomic E-state index is 0.132. The molecule has 1 aliphatic carbocycles. The van der Waals surface area contributed by atoms with E-state index < -0.39 is 0 Å². The van der Waals surface area contributed by atoms with E-state index in [1.165, 1.54) is 19.3 Å². The highest BCUT2D eigenvalue weighted by Crippen LogP contribution is 2.34. The number of nitrogens with one attached hydrogen (secondary N) is 1. The molecule has 0 aromatic carbocycles. The fourth-order valence-corrected chi connectivity index (χ4v) is 1.46. The standard InChI is InChI=1S/C10H19NO/c1-4-5-8-6-9(8)11-10(12)7(2)3/h7-9H,4-6H2,1-3H3,(H,11,12). The van der Waals surface area contributed by atoms with Gasteiger partial charge in [0.2, 0.25) is 5.91 Å². The zero-order valence-corrected chi connectivity index (χ0v) is 8.26. The van der Waals surface area contributed by atoms with E-state index in [0.717, 1.165) is 5.92 Å². The highest BCUT2D eigenvalue weighted by atomic mass is 16.1. The fraction of sp³-hybridized carbons (Fsp3) is 0.900. The molecule has 1 aliphatic rings. The van der Waals surface area contributed by atoms with E-state index in [1.807, 2.05) is 13.8 Å². The molecule has 0 aromatic rings. The van der Waals surface area contributed by atoms with Gasteiger partial charge in [0.1, 0.15) is 0 Å². The Labute approximate surface area is 74.7 Å². The quantitative estimate of drug-likeness (QED) is 0.684. The number of carbonyl (C=O) groups is 1. The van der Waals surface area contributed by atoms with Crippen molar-refractivity contribution in [2.45, 2.75) is 46.1 Å². The summed E-state index contributed by atoms with van der Waals surface area (Å²) in [5.41, 5.74) is 0. The van der Waals surface area contributed by atoms with Gasteiger partial charge in [-0.2, -0.15) is 0 Å².